The van der Waals surface area contributed by atoms with Crippen molar-refractivity contribution in [2.75, 3.05) is 5.73 Å². The number of hydrazone groups is 1. The molecule has 10 nitrogen and oxygen atoms in total. The highest BCUT2D eigenvalue weighted by atomic mass is 35.5. The molecule has 37 heavy (non-hydrogen) atoms. The minimum absolute atomic E-state index is 0.0699. The van der Waals surface area contributed by atoms with Crippen molar-refractivity contribution in [3.8, 4) is 17.3 Å². The number of carbonyl (C=O) groups excluding carboxylic acids is 1. The average molecular weight is 536 g/mol. The molecule has 5 rings (SSSR count). The van der Waals surface area contributed by atoms with Crippen LogP contribution in [0.1, 0.15) is 11.1 Å². The van der Waals surface area contributed by atoms with Crippen molar-refractivity contribution >= 4 is 52.2 Å². The van der Waals surface area contributed by atoms with Crippen molar-refractivity contribution in [2.45, 2.75) is 13.2 Å². The molecule has 12 heteroatoms. The third-order valence-corrected chi connectivity index (χ3v) is 5.96. The quantitative estimate of drug-likeness (QED) is 0.217. The number of rotatable bonds is 8. The molecule has 1 amide bonds. The van der Waals surface area contributed by atoms with Gasteiger partial charge in [0, 0.05) is 15.6 Å². The summed E-state index contributed by atoms with van der Waals surface area (Å²) in [5.74, 6) is 0.747. The minimum atomic E-state index is -0.365. The van der Waals surface area contributed by atoms with Crippen LogP contribution in [0.25, 0.3) is 22.6 Å². The van der Waals surface area contributed by atoms with Crippen LogP contribution < -0.4 is 15.9 Å². The van der Waals surface area contributed by atoms with Crippen molar-refractivity contribution in [3.63, 3.8) is 0 Å². The number of anilines is 1. The first-order chi connectivity index (χ1) is 18.0. The van der Waals surface area contributed by atoms with Gasteiger partial charge in [-0.3, -0.25) is 4.79 Å². The molecule has 0 radical (unpaired) electrons. The summed E-state index contributed by atoms with van der Waals surface area (Å²) in [5, 5.41) is 12.6. The lowest BCUT2D eigenvalue weighted by molar-refractivity contribution is -0.121. The van der Waals surface area contributed by atoms with E-state index in [1.807, 2.05) is 42.5 Å². The first kappa shape index (κ1) is 24.3. The van der Waals surface area contributed by atoms with Crippen molar-refractivity contribution in [1.29, 1.82) is 0 Å². The summed E-state index contributed by atoms with van der Waals surface area (Å²) >= 11 is 12.1. The molecule has 2 aromatic heterocycles. The van der Waals surface area contributed by atoms with Crippen molar-refractivity contribution in [3.05, 3.63) is 87.9 Å². The van der Waals surface area contributed by atoms with Crippen LogP contribution in [0.2, 0.25) is 10.0 Å². The fourth-order valence-corrected chi connectivity index (χ4v) is 4.04. The van der Waals surface area contributed by atoms with E-state index in [4.69, 9.17) is 38.3 Å². The van der Waals surface area contributed by atoms with Crippen LogP contribution in [-0.4, -0.2) is 32.0 Å². The lowest BCUT2D eigenvalue weighted by Crippen LogP contribution is -2.23. The Morgan fingerprint density at radius 3 is 2.68 bits per heavy atom. The van der Waals surface area contributed by atoms with Crippen LogP contribution in [-0.2, 0) is 17.9 Å². The molecule has 186 valence electrons. The van der Waals surface area contributed by atoms with Gasteiger partial charge in [-0.1, -0.05) is 41.4 Å². The van der Waals surface area contributed by atoms with Crippen LogP contribution in [0, 0.1) is 0 Å². The third kappa shape index (κ3) is 5.55. The maximum absolute atomic E-state index is 12.7. The second-order valence-corrected chi connectivity index (χ2v) is 8.74. The highest BCUT2D eigenvalue weighted by Gasteiger charge is 2.20. The summed E-state index contributed by atoms with van der Waals surface area (Å²) in [6.07, 6.45) is 1.53. The van der Waals surface area contributed by atoms with E-state index < -0.39 is 0 Å². The predicted molar refractivity (Wildman–Crippen MR) is 140 cm³/mol. The van der Waals surface area contributed by atoms with Gasteiger partial charge in [0.2, 0.25) is 0 Å². The molecule has 3 N–H and O–H groups in total. The topological polar surface area (TPSA) is 133 Å². The van der Waals surface area contributed by atoms with Gasteiger partial charge in [0.05, 0.1) is 17.2 Å². The monoisotopic (exact) mass is 535 g/mol. The largest absolute Gasteiger partial charge is 0.489 e. The number of fused-ring (bicyclic) bond motifs is 1. The normalized spacial score (nSPS) is 11.3. The van der Waals surface area contributed by atoms with E-state index in [0.29, 0.717) is 33.7 Å². The number of amides is 1. The number of nitrogen functional groups attached to an aromatic ring is 1. The van der Waals surface area contributed by atoms with E-state index in [9.17, 15) is 4.79 Å². The zero-order valence-electron chi connectivity index (χ0n) is 19.1. The number of benzene rings is 3. The molecule has 0 unspecified atom stereocenters. The highest BCUT2D eigenvalue weighted by Crippen LogP contribution is 2.26. The second kappa shape index (κ2) is 10.7. The number of halogens is 2. The Labute approximate surface area is 220 Å². The smallest absolute Gasteiger partial charge is 0.260 e. The number of hydrogen-bond donors (Lipinski definition) is 2. The van der Waals surface area contributed by atoms with E-state index in [1.165, 1.54) is 6.21 Å². The van der Waals surface area contributed by atoms with Gasteiger partial charge >= 0.3 is 0 Å². The lowest BCUT2D eigenvalue weighted by atomic mass is 10.2. The molecule has 0 bridgehead atoms. The summed E-state index contributed by atoms with van der Waals surface area (Å²) in [5.41, 5.74) is 11.6. The zero-order chi connectivity index (χ0) is 25.8. The Kier molecular flexibility index (Phi) is 7.02. The maximum Gasteiger partial charge on any atom is 0.260 e. The Morgan fingerprint density at radius 1 is 1.11 bits per heavy atom. The number of nitrogens with one attached hydrogen (secondary N) is 1. The molecule has 0 fully saturated rings. The van der Waals surface area contributed by atoms with Gasteiger partial charge in [0.15, 0.2) is 17.3 Å². The SMILES string of the molecule is Nc1nonc1-c1nc2ccccc2n1CC(=O)N/N=C\c1ccc(OCc2ccc(Cl)cc2Cl)cc1. The molecule has 3 aromatic carbocycles. The Balaban J connectivity index is 1.21. The average Bonchev–Trinajstić information content (AvgIpc) is 3.47. The summed E-state index contributed by atoms with van der Waals surface area (Å²) in [6.45, 7) is 0.236. The van der Waals surface area contributed by atoms with Gasteiger partial charge in [-0.25, -0.2) is 15.0 Å². The molecule has 2 heterocycles. The number of hydrogen-bond acceptors (Lipinski definition) is 8. The number of imidazole rings is 1. The van der Waals surface area contributed by atoms with Gasteiger partial charge in [0.25, 0.3) is 5.91 Å². The van der Waals surface area contributed by atoms with Crippen LogP contribution in [0.15, 0.2) is 76.5 Å². The zero-order valence-corrected chi connectivity index (χ0v) is 20.6. The van der Waals surface area contributed by atoms with Crippen molar-refractivity contribution in [2.24, 2.45) is 5.10 Å². The van der Waals surface area contributed by atoms with E-state index >= 15 is 0 Å². The summed E-state index contributed by atoms with van der Waals surface area (Å²) in [4.78, 5) is 17.2. The second-order valence-electron chi connectivity index (χ2n) is 7.89. The Hall–Kier alpha value is -4.41. The summed E-state index contributed by atoms with van der Waals surface area (Å²) in [7, 11) is 0. The maximum atomic E-state index is 12.7. The first-order valence-electron chi connectivity index (χ1n) is 11.0. The molecule has 0 aliphatic carbocycles. The first-order valence-corrected chi connectivity index (χ1v) is 11.8. The number of nitrogens with zero attached hydrogens (tertiary/aromatic N) is 5. The van der Waals surface area contributed by atoms with Crippen molar-refractivity contribution < 1.29 is 14.2 Å². The third-order valence-electron chi connectivity index (χ3n) is 5.37. The van der Waals surface area contributed by atoms with Crippen LogP contribution in [0.3, 0.4) is 0 Å². The molecule has 0 saturated carbocycles. The Bertz CT molecular complexity index is 1600. The van der Waals surface area contributed by atoms with Gasteiger partial charge in [0.1, 0.15) is 18.9 Å². The highest BCUT2D eigenvalue weighted by molar-refractivity contribution is 6.35. The minimum Gasteiger partial charge on any atom is -0.489 e. The fraction of sp³-hybridized carbons (Fsp3) is 0.0800. The molecule has 0 atom stereocenters. The molecule has 0 spiro atoms. The molecular formula is C25H19Cl2N7O3. The molecule has 0 aliphatic heterocycles. The van der Waals surface area contributed by atoms with Gasteiger partial charge < -0.3 is 15.0 Å². The molecule has 0 saturated heterocycles. The lowest BCUT2D eigenvalue weighted by Gasteiger charge is -2.08. The fourth-order valence-electron chi connectivity index (χ4n) is 3.57. The molecule has 5 aromatic rings. The van der Waals surface area contributed by atoms with E-state index in [0.717, 1.165) is 16.6 Å². The predicted octanol–water partition coefficient (Wildman–Crippen LogP) is 4.70. The van der Waals surface area contributed by atoms with Gasteiger partial charge in [-0.05, 0) is 64.4 Å². The van der Waals surface area contributed by atoms with Crippen molar-refractivity contribution in [1.82, 2.24) is 25.3 Å². The number of aromatic nitrogens is 4. The number of para-hydroxylation sites is 2. The van der Waals surface area contributed by atoms with Crippen LogP contribution in [0.4, 0.5) is 5.82 Å². The van der Waals surface area contributed by atoms with E-state index in [2.05, 4.69) is 25.8 Å². The number of carbonyl (C=O) groups is 1. The Morgan fingerprint density at radius 2 is 1.92 bits per heavy atom. The van der Waals surface area contributed by atoms with Gasteiger partial charge in [-0.2, -0.15) is 5.10 Å². The van der Waals surface area contributed by atoms with Gasteiger partial charge in [-0.15, -0.1) is 0 Å². The molecular weight excluding hydrogens is 517 g/mol. The van der Waals surface area contributed by atoms with Crippen LogP contribution in [0.5, 0.6) is 5.75 Å². The number of ether oxygens (including phenoxy) is 1. The van der Waals surface area contributed by atoms with E-state index in [1.54, 1.807) is 28.8 Å². The summed E-state index contributed by atoms with van der Waals surface area (Å²) < 4.78 is 12.2. The molecule has 0 aliphatic rings. The standard InChI is InChI=1S/C25H19Cl2N7O3/c26-17-8-7-16(19(27)11-17)14-36-18-9-5-15(6-10-18)12-29-31-22(35)13-34-21-4-2-1-3-20(21)30-25(34)23-24(28)33-37-32-23/h1-12H,13-14H2,(H2,28,33)(H,31,35)/b29-12-. The number of nitrogens with two attached hydrogens (primary N) is 1. The summed E-state index contributed by atoms with van der Waals surface area (Å²) in [6, 6.07) is 19.9. The van der Waals surface area contributed by atoms with Crippen LogP contribution >= 0.6 is 23.2 Å². The van der Waals surface area contributed by atoms with E-state index in [-0.39, 0.29) is 24.0 Å².